The van der Waals surface area contributed by atoms with Gasteiger partial charge in [0.05, 0.1) is 0 Å². The molecule has 2 saturated heterocycles. The average molecular weight is 211 g/mol. The highest BCUT2D eigenvalue weighted by Gasteiger charge is 2.23. The van der Waals surface area contributed by atoms with Crippen LogP contribution in [-0.4, -0.2) is 61.7 Å². The summed E-state index contributed by atoms with van der Waals surface area (Å²) < 4.78 is 0. The summed E-state index contributed by atoms with van der Waals surface area (Å²) in [5.74, 6) is 0. The van der Waals surface area contributed by atoms with Crippen LogP contribution in [0.4, 0.5) is 0 Å². The number of nitrogens with one attached hydrogen (secondary N) is 1. The number of likely N-dealkylation sites (N-methyl/N-ethyl adjacent to an activating group) is 1. The molecule has 0 bridgehead atoms. The first-order valence-corrected chi connectivity index (χ1v) is 6.41. The molecule has 88 valence electrons. The SMILES string of the molecule is CC1CN(CC2CCCCN2C)CCN1. The molecule has 2 heterocycles. The number of hydrogen-bond donors (Lipinski definition) is 1. The van der Waals surface area contributed by atoms with Crippen LogP contribution in [0.25, 0.3) is 0 Å². The van der Waals surface area contributed by atoms with E-state index >= 15 is 0 Å². The summed E-state index contributed by atoms with van der Waals surface area (Å²) in [6.07, 6.45) is 4.22. The molecule has 2 atom stereocenters. The standard InChI is InChI=1S/C12H25N3/c1-11-9-15(8-6-13-11)10-12-5-3-4-7-14(12)2/h11-13H,3-10H2,1-2H3. The second kappa shape index (κ2) is 5.28. The van der Waals surface area contributed by atoms with E-state index in [0.29, 0.717) is 6.04 Å². The lowest BCUT2D eigenvalue weighted by atomic mass is 10.0. The summed E-state index contributed by atoms with van der Waals surface area (Å²) in [5.41, 5.74) is 0. The lowest BCUT2D eigenvalue weighted by Gasteiger charge is -2.39. The van der Waals surface area contributed by atoms with Crippen molar-refractivity contribution in [2.24, 2.45) is 0 Å². The molecule has 15 heavy (non-hydrogen) atoms. The quantitative estimate of drug-likeness (QED) is 0.728. The number of rotatable bonds is 2. The second-order valence-corrected chi connectivity index (χ2v) is 5.24. The summed E-state index contributed by atoms with van der Waals surface area (Å²) in [6, 6.07) is 1.48. The highest BCUT2D eigenvalue weighted by Crippen LogP contribution is 2.16. The molecule has 0 aromatic heterocycles. The molecular formula is C12H25N3. The zero-order valence-corrected chi connectivity index (χ0v) is 10.2. The molecule has 0 saturated carbocycles. The summed E-state index contributed by atoms with van der Waals surface area (Å²) in [7, 11) is 2.29. The lowest BCUT2D eigenvalue weighted by molar-refractivity contribution is 0.111. The molecule has 3 heteroatoms. The zero-order valence-electron chi connectivity index (χ0n) is 10.2. The van der Waals surface area contributed by atoms with E-state index in [1.165, 1.54) is 45.4 Å². The Balaban J connectivity index is 1.79. The van der Waals surface area contributed by atoms with Crippen molar-refractivity contribution in [3.63, 3.8) is 0 Å². The fourth-order valence-electron chi connectivity index (χ4n) is 2.85. The van der Waals surface area contributed by atoms with E-state index in [1.54, 1.807) is 0 Å². The van der Waals surface area contributed by atoms with Crippen LogP contribution in [0, 0.1) is 0 Å². The highest BCUT2D eigenvalue weighted by molar-refractivity contribution is 4.82. The smallest absolute Gasteiger partial charge is 0.0220 e. The molecule has 0 amide bonds. The van der Waals surface area contributed by atoms with Crippen LogP contribution in [0.5, 0.6) is 0 Å². The van der Waals surface area contributed by atoms with Crippen molar-refractivity contribution in [3.8, 4) is 0 Å². The fraction of sp³-hybridized carbons (Fsp3) is 1.00. The Kier molecular flexibility index (Phi) is 4.00. The number of likely N-dealkylation sites (tertiary alicyclic amines) is 1. The van der Waals surface area contributed by atoms with Gasteiger partial charge >= 0.3 is 0 Å². The minimum absolute atomic E-state index is 0.674. The van der Waals surface area contributed by atoms with E-state index in [4.69, 9.17) is 0 Å². The third-order valence-corrected chi connectivity index (χ3v) is 3.84. The van der Waals surface area contributed by atoms with E-state index in [9.17, 15) is 0 Å². The summed E-state index contributed by atoms with van der Waals surface area (Å²) in [5, 5.41) is 3.51. The van der Waals surface area contributed by atoms with E-state index in [1.807, 2.05) is 0 Å². The third kappa shape index (κ3) is 3.16. The Morgan fingerprint density at radius 3 is 2.87 bits per heavy atom. The molecule has 2 aliphatic rings. The molecule has 2 rings (SSSR count). The third-order valence-electron chi connectivity index (χ3n) is 3.84. The molecule has 0 aliphatic carbocycles. The van der Waals surface area contributed by atoms with Gasteiger partial charge in [0.25, 0.3) is 0 Å². The Bertz CT molecular complexity index is 195. The highest BCUT2D eigenvalue weighted by atomic mass is 15.2. The van der Waals surface area contributed by atoms with Gasteiger partial charge in [-0.05, 0) is 33.4 Å². The van der Waals surface area contributed by atoms with Crippen molar-refractivity contribution in [1.82, 2.24) is 15.1 Å². The fourth-order valence-corrected chi connectivity index (χ4v) is 2.85. The van der Waals surface area contributed by atoms with Gasteiger partial charge in [-0.3, -0.25) is 4.90 Å². The first-order chi connectivity index (χ1) is 7.25. The summed E-state index contributed by atoms with van der Waals surface area (Å²) in [4.78, 5) is 5.18. The Labute approximate surface area is 93.8 Å². The van der Waals surface area contributed by atoms with Crippen LogP contribution in [0.15, 0.2) is 0 Å². The Morgan fingerprint density at radius 1 is 1.27 bits per heavy atom. The van der Waals surface area contributed by atoms with Gasteiger partial charge < -0.3 is 10.2 Å². The van der Waals surface area contributed by atoms with Crippen molar-refractivity contribution < 1.29 is 0 Å². The van der Waals surface area contributed by atoms with Crippen molar-refractivity contribution in [2.45, 2.75) is 38.3 Å². The van der Waals surface area contributed by atoms with Crippen LogP contribution >= 0.6 is 0 Å². The van der Waals surface area contributed by atoms with Crippen LogP contribution < -0.4 is 5.32 Å². The monoisotopic (exact) mass is 211 g/mol. The lowest BCUT2D eigenvalue weighted by Crippen LogP contribution is -2.53. The van der Waals surface area contributed by atoms with E-state index < -0.39 is 0 Å². The van der Waals surface area contributed by atoms with E-state index in [0.717, 1.165) is 12.6 Å². The summed E-state index contributed by atoms with van der Waals surface area (Å²) in [6.45, 7) is 8.49. The van der Waals surface area contributed by atoms with Gasteiger partial charge in [0, 0.05) is 38.3 Å². The molecule has 0 aromatic rings. The van der Waals surface area contributed by atoms with Crippen molar-refractivity contribution in [1.29, 1.82) is 0 Å². The Morgan fingerprint density at radius 2 is 2.13 bits per heavy atom. The topological polar surface area (TPSA) is 18.5 Å². The average Bonchev–Trinajstić information content (AvgIpc) is 2.22. The van der Waals surface area contributed by atoms with Gasteiger partial charge in [-0.25, -0.2) is 0 Å². The van der Waals surface area contributed by atoms with Gasteiger partial charge in [0.15, 0.2) is 0 Å². The molecule has 0 aromatic carbocycles. The first kappa shape index (κ1) is 11.4. The van der Waals surface area contributed by atoms with Crippen molar-refractivity contribution in [2.75, 3.05) is 39.8 Å². The maximum Gasteiger partial charge on any atom is 0.0220 e. The maximum absolute atomic E-state index is 3.51. The maximum atomic E-state index is 3.51. The van der Waals surface area contributed by atoms with E-state index in [2.05, 4.69) is 29.1 Å². The van der Waals surface area contributed by atoms with Crippen molar-refractivity contribution >= 4 is 0 Å². The van der Waals surface area contributed by atoms with Crippen LogP contribution in [0.1, 0.15) is 26.2 Å². The molecular weight excluding hydrogens is 186 g/mol. The van der Waals surface area contributed by atoms with Crippen molar-refractivity contribution in [3.05, 3.63) is 0 Å². The van der Waals surface area contributed by atoms with E-state index in [-0.39, 0.29) is 0 Å². The molecule has 0 radical (unpaired) electrons. The predicted octanol–water partition coefficient (Wildman–Crippen LogP) is 0.764. The Hall–Kier alpha value is -0.120. The van der Waals surface area contributed by atoms with Crippen LogP contribution in [0.2, 0.25) is 0 Å². The summed E-state index contributed by atoms with van der Waals surface area (Å²) >= 11 is 0. The zero-order chi connectivity index (χ0) is 10.7. The number of nitrogens with zero attached hydrogens (tertiary/aromatic N) is 2. The van der Waals surface area contributed by atoms with Gasteiger partial charge in [0.1, 0.15) is 0 Å². The molecule has 0 spiro atoms. The van der Waals surface area contributed by atoms with Crippen LogP contribution in [0.3, 0.4) is 0 Å². The minimum Gasteiger partial charge on any atom is -0.312 e. The number of hydrogen-bond acceptors (Lipinski definition) is 3. The number of piperidine rings is 1. The van der Waals surface area contributed by atoms with Gasteiger partial charge in [0.2, 0.25) is 0 Å². The molecule has 2 aliphatic heterocycles. The van der Waals surface area contributed by atoms with Crippen LogP contribution in [-0.2, 0) is 0 Å². The van der Waals surface area contributed by atoms with Gasteiger partial charge in [-0.1, -0.05) is 6.42 Å². The molecule has 2 fully saturated rings. The largest absolute Gasteiger partial charge is 0.312 e. The number of piperazine rings is 1. The molecule has 1 N–H and O–H groups in total. The second-order valence-electron chi connectivity index (χ2n) is 5.24. The first-order valence-electron chi connectivity index (χ1n) is 6.41. The minimum atomic E-state index is 0.674. The molecule has 2 unspecified atom stereocenters. The molecule has 3 nitrogen and oxygen atoms in total. The normalized spacial score (nSPS) is 35.6. The van der Waals surface area contributed by atoms with Gasteiger partial charge in [-0.15, -0.1) is 0 Å². The predicted molar refractivity (Wildman–Crippen MR) is 64.2 cm³/mol. The van der Waals surface area contributed by atoms with Gasteiger partial charge in [-0.2, -0.15) is 0 Å².